The zero-order valence-electron chi connectivity index (χ0n) is 15.3. The second-order valence-corrected chi connectivity index (χ2v) is 6.99. The minimum Gasteiger partial charge on any atom is -0.490 e. The van der Waals surface area contributed by atoms with Gasteiger partial charge in [0.25, 0.3) is 5.69 Å². The fraction of sp³-hybridized carbons (Fsp3) is 0.412. The van der Waals surface area contributed by atoms with Crippen LogP contribution in [0.2, 0.25) is 5.02 Å². The van der Waals surface area contributed by atoms with E-state index in [0.717, 1.165) is 6.07 Å². The summed E-state index contributed by atoms with van der Waals surface area (Å²) >= 11 is 5.98. The van der Waals surface area contributed by atoms with Crippen molar-refractivity contribution in [2.75, 3.05) is 6.61 Å². The predicted octanol–water partition coefficient (Wildman–Crippen LogP) is 3.20. The molecule has 1 rings (SSSR count). The van der Waals surface area contributed by atoms with E-state index in [9.17, 15) is 19.7 Å². The highest BCUT2D eigenvalue weighted by Crippen LogP contribution is 2.35. The van der Waals surface area contributed by atoms with Crippen LogP contribution in [0.5, 0.6) is 5.75 Å². The molecular weight excluding hydrogens is 378 g/mol. The van der Waals surface area contributed by atoms with Crippen LogP contribution in [0.25, 0.3) is 0 Å². The van der Waals surface area contributed by atoms with Gasteiger partial charge in [-0.25, -0.2) is 4.79 Å². The summed E-state index contributed by atoms with van der Waals surface area (Å²) in [6.07, 6.45) is 1.25. The molecule has 3 N–H and O–H groups in total. The number of hydrogen-bond acceptors (Lipinski definition) is 6. The lowest BCUT2D eigenvalue weighted by Crippen LogP contribution is -2.42. The third-order valence-corrected chi connectivity index (χ3v) is 3.49. The summed E-state index contributed by atoms with van der Waals surface area (Å²) in [6.45, 7) is 8.68. The van der Waals surface area contributed by atoms with Crippen molar-refractivity contribution >= 4 is 29.3 Å². The molecule has 0 aliphatic carbocycles. The Morgan fingerprint density at radius 2 is 2.07 bits per heavy atom. The molecule has 148 valence electrons. The second-order valence-electron chi connectivity index (χ2n) is 6.61. The Bertz CT molecular complexity index is 745. The Kier molecular flexibility index (Phi) is 7.59. The van der Waals surface area contributed by atoms with Gasteiger partial charge in [-0.15, -0.1) is 6.58 Å². The van der Waals surface area contributed by atoms with E-state index in [1.54, 1.807) is 26.8 Å². The summed E-state index contributed by atoms with van der Waals surface area (Å²) < 4.78 is 10.7. The van der Waals surface area contributed by atoms with Gasteiger partial charge in [0.1, 0.15) is 18.0 Å². The van der Waals surface area contributed by atoms with E-state index < -0.39 is 34.3 Å². The van der Waals surface area contributed by atoms with Gasteiger partial charge in [0.2, 0.25) is 5.91 Å². The zero-order valence-corrected chi connectivity index (χ0v) is 16.0. The molecule has 0 fully saturated rings. The summed E-state index contributed by atoms with van der Waals surface area (Å²) in [5, 5.41) is 13.4. The molecule has 0 saturated heterocycles. The number of nitro benzene ring substituents is 1. The largest absolute Gasteiger partial charge is 0.490 e. The molecule has 9 nitrogen and oxygen atoms in total. The van der Waals surface area contributed by atoms with Crippen LogP contribution in [-0.4, -0.2) is 35.2 Å². The molecule has 27 heavy (non-hydrogen) atoms. The molecule has 0 aromatic heterocycles. The molecule has 1 aromatic rings. The summed E-state index contributed by atoms with van der Waals surface area (Å²) in [5.41, 5.74) is 3.87. The molecule has 2 amide bonds. The molecule has 0 heterocycles. The quantitative estimate of drug-likeness (QED) is 0.391. The van der Waals surface area contributed by atoms with Crippen LogP contribution in [-0.2, 0) is 4.74 Å². The standard InChI is InChI=1S/C17H22ClN3O6/c1-5-6-11(20-16(23)27-17(2,3)4)9-26-13-8-10(15(19)22)7-12(14(13)18)21(24)25/h5,7-8,11H,1,6,9H2,2-4H3,(H2,19,22)(H,20,23)/t11-/m0/s1. The van der Waals surface area contributed by atoms with Crippen molar-refractivity contribution in [2.45, 2.75) is 38.8 Å². The fourth-order valence-electron chi connectivity index (χ4n) is 2.00. The minimum absolute atomic E-state index is 0.0929. The SMILES string of the molecule is C=CC[C@@H](COc1cc(C(N)=O)cc([N+](=O)[O-])c1Cl)NC(=O)OC(C)(C)C. The summed E-state index contributed by atoms with van der Waals surface area (Å²) in [6, 6.07) is 1.64. The lowest BCUT2D eigenvalue weighted by atomic mass is 10.1. The Balaban J connectivity index is 2.97. The molecule has 0 aliphatic rings. The highest BCUT2D eigenvalue weighted by molar-refractivity contribution is 6.34. The van der Waals surface area contributed by atoms with Crippen molar-refractivity contribution in [1.82, 2.24) is 5.32 Å². The van der Waals surface area contributed by atoms with E-state index >= 15 is 0 Å². The number of nitrogens with two attached hydrogens (primary N) is 1. The number of amides is 2. The van der Waals surface area contributed by atoms with E-state index in [1.807, 2.05) is 0 Å². The van der Waals surface area contributed by atoms with Gasteiger partial charge in [-0.2, -0.15) is 0 Å². The van der Waals surface area contributed by atoms with Gasteiger partial charge in [-0.1, -0.05) is 17.7 Å². The van der Waals surface area contributed by atoms with Crippen LogP contribution in [0.1, 0.15) is 37.6 Å². The highest BCUT2D eigenvalue weighted by atomic mass is 35.5. The Morgan fingerprint density at radius 1 is 1.44 bits per heavy atom. The van der Waals surface area contributed by atoms with Crippen LogP contribution >= 0.6 is 11.6 Å². The number of nitrogens with one attached hydrogen (secondary N) is 1. The van der Waals surface area contributed by atoms with Crippen LogP contribution in [0.4, 0.5) is 10.5 Å². The van der Waals surface area contributed by atoms with E-state index in [1.165, 1.54) is 6.07 Å². The Labute approximate surface area is 161 Å². The number of benzene rings is 1. The van der Waals surface area contributed by atoms with Crippen LogP contribution in [0.15, 0.2) is 24.8 Å². The van der Waals surface area contributed by atoms with Crippen molar-refractivity contribution in [3.05, 3.63) is 45.5 Å². The van der Waals surface area contributed by atoms with Crippen LogP contribution in [0.3, 0.4) is 0 Å². The van der Waals surface area contributed by atoms with Gasteiger partial charge < -0.3 is 20.5 Å². The number of hydrogen-bond donors (Lipinski definition) is 2. The fourth-order valence-corrected chi connectivity index (χ4v) is 2.23. The first-order chi connectivity index (χ1) is 12.4. The maximum Gasteiger partial charge on any atom is 0.408 e. The minimum atomic E-state index is -0.867. The number of alkyl carbamates (subject to hydrolysis) is 1. The van der Waals surface area contributed by atoms with E-state index in [0.29, 0.717) is 6.42 Å². The normalized spacial score (nSPS) is 12.0. The summed E-state index contributed by atoms with van der Waals surface area (Å²) in [7, 11) is 0. The number of carbonyl (C=O) groups excluding carboxylic acids is 2. The second kappa shape index (κ2) is 9.22. The first-order valence-corrected chi connectivity index (χ1v) is 8.33. The number of halogens is 1. The molecule has 0 saturated carbocycles. The molecule has 0 bridgehead atoms. The lowest BCUT2D eigenvalue weighted by molar-refractivity contribution is -0.384. The number of nitro groups is 1. The van der Waals surface area contributed by atoms with Gasteiger partial charge in [0.15, 0.2) is 5.02 Å². The molecule has 0 spiro atoms. The molecule has 0 radical (unpaired) electrons. The van der Waals surface area contributed by atoms with Crippen molar-refractivity contribution < 1.29 is 24.0 Å². The zero-order chi connectivity index (χ0) is 20.8. The number of carbonyl (C=O) groups is 2. The van der Waals surface area contributed by atoms with Crippen molar-refractivity contribution in [1.29, 1.82) is 0 Å². The average Bonchev–Trinajstić information content (AvgIpc) is 2.51. The first kappa shape index (κ1) is 22.2. The van der Waals surface area contributed by atoms with Gasteiger partial charge in [0, 0.05) is 11.6 Å². The number of ether oxygens (including phenoxy) is 2. The highest BCUT2D eigenvalue weighted by Gasteiger charge is 2.23. The number of primary amides is 1. The smallest absolute Gasteiger partial charge is 0.408 e. The average molecular weight is 400 g/mol. The Morgan fingerprint density at radius 3 is 2.56 bits per heavy atom. The van der Waals surface area contributed by atoms with Gasteiger partial charge in [0.05, 0.1) is 11.0 Å². The van der Waals surface area contributed by atoms with E-state index in [2.05, 4.69) is 11.9 Å². The molecule has 0 aliphatic heterocycles. The van der Waals surface area contributed by atoms with Crippen molar-refractivity contribution in [2.24, 2.45) is 5.73 Å². The number of nitrogens with zero attached hydrogens (tertiary/aromatic N) is 1. The summed E-state index contributed by atoms with van der Waals surface area (Å²) in [4.78, 5) is 33.6. The first-order valence-electron chi connectivity index (χ1n) is 7.95. The maximum absolute atomic E-state index is 11.9. The van der Waals surface area contributed by atoms with Crippen LogP contribution < -0.4 is 15.8 Å². The monoisotopic (exact) mass is 399 g/mol. The van der Waals surface area contributed by atoms with Crippen molar-refractivity contribution in [3.63, 3.8) is 0 Å². The molecule has 1 atom stereocenters. The van der Waals surface area contributed by atoms with Gasteiger partial charge in [-0.05, 0) is 33.3 Å². The van der Waals surface area contributed by atoms with Gasteiger partial charge >= 0.3 is 6.09 Å². The molecule has 1 aromatic carbocycles. The third-order valence-electron chi connectivity index (χ3n) is 3.11. The maximum atomic E-state index is 11.9. The molecule has 10 heteroatoms. The van der Waals surface area contributed by atoms with Crippen LogP contribution in [0, 0.1) is 10.1 Å². The third kappa shape index (κ3) is 7.14. The summed E-state index contributed by atoms with van der Waals surface area (Å²) in [5.74, 6) is -0.964. The molecular formula is C17H22ClN3O6. The predicted molar refractivity (Wildman–Crippen MR) is 100 cm³/mol. The Hall–Kier alpha value is -2.81. The lowest BCUT2D eigenvalue weighted by Gasteiger charge is -2.23. The molecule has 0 unspecified atom stereocenters. The van der Waals surface area contributed by atoms with E-state index in [4.69, 9.17) is 26.8 Å². The van der Waals surface area contributed by atoms with Gasteiger partial charge in [-0.3, -0.25) is 14.9 Å². The number of rotatable bonds is 8. The van der Waals surface area contributed by atoms with Crippen molar-refractivity contribution in [3.8, 4) is 5.75 Å². The topological polar surface area (TPSA) is 134 Å². The van der Waals surface area contributed by atoms with E-state index in [-0.39, 0.29) is 22.9 Å².